The minimum absolute atomic E-state index is 0.0896. The number of esters is 1. The van der Waals surface area contributed by atoms with Crippen LogP contribution >= 0.6 is 0 Å². The minimum Gasteiger partial charge on any atom is -0.490 e. The summed E-state index contributed by atoms with van der Waals surface area (Å²) in [5, 5.41) is 2.88. The van der Waals surface area contributed by atoms with E-state index in [0.717, 1.165) is 5.56 Å². The molecule has 0 bridgehead atoms. The van der Waals surface area contributed by atoms with Gasteiger partial charge in [0, 0.05) is 6.42 Å². The van der Waals surface area contributed by atoms with Crippen LogP contribution in [0.5, 0.6) is 11.5 Å². The van der Waals surface area contributed by atoms with Gasteiger partial charge in [-0.15, -0.1) is 0 Å². The Balaban J connectivity index is 2.76. The SMILES string of the molecule is CCOc1ccc([C@H](C)NC(=O)C[C@H](C)C(=O)OC)cc1OCC. The van der Waals surface area contributed by atoms with E-state index >= 15 is 0 Å². The van der Waals surface area contributed by atoms with Crippen molar-refractivity contribution in [2.75, 3.05) is 20.3 Å². The fraction of sp³-hybridized carbons (Fsp3) is 0.556. The number of carbonyl (C=O) groups is 2. The molecule has 1 amide bonds. The molecule has 0 saturated heterocycles. The lowest BCUT2D eigenvalue weighted by Crippen LogP contribution is -2.30. The summed E-state index contributed by atoms with van der Waals surface area (Å²) in [6.45, 7) is 8.45. The van der Waals surface area contributed by atoms with Crippen LogP contribution in [0.3, 0.4) is 0 Å². The summed E-state index contributed by atoms with van der Waals surface area (Å²) in [6.07, 6.45) is 0.0896. The molecule has 24 heavy (non-hydrogen) atoms. The van der Waals surface area contributed by atoms with Crippen LogP contribution < -0.4 is 14.8 Å². The summed E-state index contributed by atoms with van der Waals surface area (Å²) in [6, 6.07) is 5.38. The quantitative estimate of drug-likeness (QED) is 0.701. The van der Waals surface area contributed by atoms with Gasteiger partial charge in [-0.3, -0.25) is 9.59 Å². The number of hydrogen-bond acceptors (Lipinski definition) is 5. The molecule has 0 spiro atoms. The van der Waals surface area contributed by atoms with E-state index in [1.807, 2.05) is 39.0 Å². The van der Waals surface area contributed by atoms with Crippen LogP contribution in [0.2, 0.25) is 0 Å². The van der Waals surface area contributed by atoms with Crippen LogP contribution in [0.15, 0.2) is 18.2 Å². The molecule has 6 nitrogen and oxygen atoms in total. The number of hydrogen-bond donors (Lipinski definition) is 1. The Labute approximate surface area is 143 Å². The maximum absolute atomic E-state index is 12.1. The van der Waals surface area contributed by atoms with E-state index in [1.165, 1.54) is 7.11 Å². The third-order valence-corrected chi connectivity index (χ3v) is 3.54. The lowest BCUT2D eigenvalue weighted by molar-refractivity contribution is -0.146. The van der Waals surface area contributed by atoms with Crippen molar-refractivity contribution >= 4 is 11.9 Å². The van der Waals surface area contributed by atoms with Crippen molar-refractivity contribution in [2.45, 2.75) is 40.2 Å². The van der Waals surface area contributed by atoms with Crippen molar-refractivity contribution in [3.63, 3.8) is 0 Å². The third kappa shape index (κ3) is 5.76. The van der Waals surface area contributed by atoms with E-state index in [1.54, 1.807) is 6.92 Å². The van der Waals surface area contributed by atoms with Gasteiger partial charge in [0.15, 0.2) is 11.5 Å². The molecular weight excluding hydrogens is 310 g/mol. The number of nitrogens with one attached hydrogen (secondary N) is 1. The Morgan fingerprint density at radius 3 is 2.29 bits per heavy atom. The molecule has 0 aliphatic heterocycles. The van der Waals surface area contributed by atoms with Crippen molar-refractivity contribution in [2.24, 2.45) is 5.92 Å². The van der Waals surface area contributed by atoms with Crippen molar-refractivity contribution in [1.29, 1.82) is 0 Å². The van der Waals surface area contributed by atoms with Gasteiger partial charge in [-0.25, -0.2) is 0 Å². The number of rotatable bonds is 9. The highest BCUT2D eigenvalue weighted by Crippen LogP contribution is 2.30. The molecule has 0 aromatic heterocycles. The van der Waals surface area contributed by atoms with Crippen molar-refractivity contribution in [3.8, 4) is 11.5 Å². The van der Waals surface area contributed by atoms with Crippen LogP contribution in [0.25, 0.3) is 0 Å². The summed E-state index contributed by atoms with van der Waals surface area (Å²) in [5.74, 6) is 0.271. The molecule has 0 fully saturated rings. The monoisotopic (exact) mass is 337 g/mol. The highest BCUT2D eigenvalue weighted by atomic mass is 16.5. The van der Waals surface area contributed by atoms with Crippen molar-refractivity contribution in [3.05, 3.63) is 23.8 Å². The zero-order valence-electron chi connectivity index (χ0n) is 15.0. The van der Waals surface area contributed by atoms with Gasteiger partial charge < -0.3 is 19.5 Å². The summed E-state index contributed by atoms with van der Waals surface area (Å²) < 4.78 is 15.8. The molecule has 134 valence electrons. The highest BCUT2D eigenvalue weighted by Gasteiger charge is 2.19. The Morgan fingerprint density at radius 2 is 1.71 bits per heavy atom. The van der Waals surface area contributed by atoms with Gasteiger partial charge in [0.1, 0.15) is 0 Å². The second-order valence-corrected chi connectivity index (χ2v) is 5.49. The number of methoxy groups -OCH3 is 1. The predicted octanol–water partition coefficient (Wildman–Crippen LogP) is 2.86. The first kappa shape index (κ1) is 19.8. The van der Waals surface area contributed by atoms with E-state index in [-0.39, 0.29) is 18.4 Å². The van der Waals surface area contributed by atoms with E-state index < -0.39 is 11.9 Å². The number of carbonyl (C=O) groups excluding carboxylic acids is 2. The highest BCUT2D eigenvalue weighted by molar-refractivity contribution is 5.83. The molecule has 1 rings (SSSR count). The van der Waals surface area contributed by atoms with E-state index in [4.69, 9.17) is 9.47 Å². The van der Waals surface area contributed by atoms with Gasteiger partial charge >= 0.3 is 5.97 Å². The number of amides is 1. The predicted molar refractivity (Wildman–Crippen MR) is 91.1 cm³/mol. The first-order chi connectivity index (χ1) is 11.4. The summed E-state index contributed by atoms with van der Waals surface area (Å²) in [5.41, 5.74) is 0.904. The Bertz CT molecular complexity index is 558. The smallest absolute Gasteiger partial charge is 0.308 e. The van der Waals surface area contributed by atoms with Gasteiger partial charge in [0.2, 0.25) is 5.91 Å². The Morgan fingerprint density at radius 1 is 1.08 bits per heavy atom. The molecule has 1 aromatic carbocycles. The van der Waals surface area contributed by atoms with E-state index in [9.17, 15) is 9.59 Å². The first-order valence-corrected chi connectivity index (χ1v) is 8.19. The molecule has 0 heterocycles. The van der Waals surface area contributed by atoms with Gasteiger partial charge in [-0.05, 0) is 38.5 Å². The van der Waals surface area contributed by atoms with Crippen molar-refractivity contribution in [1.82, 2.24) is 5.32 Å². The molecule has 1 aromatic rings. The fourth-order valence-corrected chi connectivity index (χ4v) is 2.28. The van der Waals surface area contributed by atoms with Gasteiger partial charge in [0.05, 0.1) is 32.3 Å². The molecule has 0 aliphatic carbocycles. The molecule has 6 heteroatoms. The van der Waals surface area contributed by atoms with Gasteiger partial charge in [-0.2, -0.15) is 0 Å². The van der Waals surface area contributed by atoms with Gasteiger partial charge in [-0.1, -0.05) is 13.0 Å². The van der Waals surface area contributed by atoms with Crippen LogP contribution in [-0.4, -0.2) is 32.2 Å². The molecule has 2 atom stereocenters. The standard InChI is InChI=1S/C18H27NO5/c1-6-23-15-9-8-14(11-16(15)24-7-2)13(4)19-17(20)10-12(3)18(21)22-5/h8-9,11-13H,6-7,10H2,1-5H3,(H,19,20)/t12-,13-/m0/s1. The molecule has 0 unspecified atom stereocenters. The average Bonchev–Trinajstić information content (AvgIpc) is 2.55. The van der Waals surface area contributed by atoms with Crippen LogP contribution in [-0.2, 0) is 14.3 Å². The lowest BCUT2D eigenvalue weighted by Gasteiger charge is -2.18. The maximum Gasteiger partial charge on any atom is 0.308 e. The number of benzene rings is 1. The van der Waals surface area contributed by atoms with Crippen molar-refractivity contribution < 1.29 is 23.8 Å². The lowest BCUT2D eigenvalue weighted by atomic mass is 10.1. The fourth-order valence-electron chi connectivity index (χ4n) is 2.28. The molecule has 0 saturated carbocycles. The van der Waals surface area contributed by atoms with Crippen LogP contribution in [0.4, 0.5) is 0 Å². The topological polar surface area (TPSA) is 73.9 Å². The summed E-state index contributed by atoms with van der Waals surface area (Å²) in [4.78, 5) is 23.4. The molecule has 0 aliphatic rings. The Kier molecular flexibility index (Phi) is 8.09. The van der Waals surface area contributed by atoms with Gasteiger partial charge in [0.25, 0.3) is 0 Å². The van der Waals surface area contributed by atoms with E-state index in [2.05, 4.69) is 10.1 Å². The van der Waals surface area contributed by atoms with Crippen LogP contribution in [0.1, 0.15) is 45.7 Å². The third-order valence-electron chi connectivity index (χ3n) is 3.54. The van der Waals surface area contributed by atoms with Crippen LogP contribution in [0, 0.1) is 5.92 Å². The normalized spacial score (nSPS) is 12.9. The maximum atomic E-state index is 12.1. The zero-order valence-corrected chi connectivity index (χ0v) is 15.0. The molecule has 1 N–H and O–H groups in total. The zero-order chi connectivity index (χ0) is 18.1. The average molecular weight is 337 g/mol. The molecular formula is C18H27NO5. The number of ether oxygens (including phenoxy) is 3. The Hall–Kier alpha value is -2.24. The second kappa shape index (κ2) is 9.80. The second-order valence-electron chi connectivity index (χ2n) is 5.49. The molecule has 0 radical (unpaired) electrons. The van der Waals surface area contributed by atoms with E-state index in [0.29, 0.717) is 24.7 Å². The summed E-state index contributed by atoms with van der Waals surface area (Å²) >= 11 is 0. The first-order valence-electron chi connectivity index (χ1n) is 8.19. The summed E-state index contributed by atoms with van der Waals surface area (Å²) in [7, 11) is 1.31. The largest absolute Gasteiger partial charge is 0.490 e. The minimum atomic E-state index is -0.471.